The molecule has 0 atom stereocenters. The zero-order valence-electron chi connectivity index (χ0n) is 9.24. The highest BCUT2D eigenvalue weighted by molar-refractivity contribution is 5.38. The van der Waals surface area contributed by atoms with Crippen LogP contribution in [-0.2, 0) is 6.18 Å². The molecule has 1 radical (unpaired) electrons. The van der Waals surface area contributed by atoms with Gasteiger partial charge in [-0.1, -0.05) is 6.92 Å². The molecule has 0 aliphatic carbocycles. The Kier molecular flexibility index (Phi) is 3.22. The highest BCUT2D eigenvalue weighted by atomic mass is 19.4. The molecule has 3 nitrogen and oxygen atoms in total. The normalized spacial score (nSPS) is 18.5. The molecule has 0 aromatic carbocycles. The van der Waals surface area contributed by atoms with Crippen LogP contribution >= 0.6 is 0 Å². The van der Waals surface area contributed by atoms with Crippen molar-refractivity contribution in [3.05, 3.63) is 25.0 Å². The van der Waals surface area contributed by atoms with Crippen LogP contribution in [0.3, 0.4) is 0 Å². The summed E-state index contributed by atoms with van der Waals surface area (Å²) in [4.78, 5) is 8.65. The molecule has 0 saturated carbocycles. The maximum Gasteiger partial charge on any atom is 0.451 e. The third-order valence-corrected chi connectivity index (χ3v) is 2.83. The quantitative estimate of drug-likeness (QED) is 0.760. The number of aromatic nitrogens is 2. The van der Waals surface area contributed by atoms with Crippen LogP contribution in [0, 0.1) is 12.8 Å². The van der Waals surface area contributed by atoms with Gasteiger partial charge in [0.2, 0.25) is 5.82 Å². The van der Waals surface area contributed by atoms with E-state index in [2.05, 4.69) is 16.9 Å². The van der Waals surface area contributed by atoms with Gasteiger partial charge in [0, 0.05) is 19.3 Å². The zero-order valence-corrected chi connectivity index (χ0v) is 9.24. The fourth-order valence-corrected chi connectivity index (χ4v) is 1.82. The summed E-state index contributed by atoms with van der Waals surface area (Å²) in [7, 11) is 0. The van der Waals surface area contributed by atoms with Crippen LogP contribution in [0.5, 0.6) is 0 Å². The Morgan fingerprint density at radius 2 is 1.94 bits per heavy atom. The van der Waals surface area contributed by atoms with Crippen molar-refractivity contribution >= 4 is 5.82 Å². The molecule has 2 rings (SSSR count). The van der Waals surface area contributed by atoms with Crippen molar-refractivity contribution in [3.63, 3.8) is 0 Å². The van der Waals surface area contributed by atoms with Gasteiger partial charge in [-0.25, -0.2) is 9.97 Å². The Bertz CT molecular complexity index is 384. The predicted octanol–water partition coefficient (Wildman–Crippen LogP) is 2.55. The Hall–Kier alpha value is -1.33. The van der Waals surface area contributed by atoms with E-state index < -0.39 is 12.0 Å². The third kappa shape index (κ3) is 2.87. The van der Waals surface area contributed by atoms with Gasteiger partial charge in [0.1, 0.15) is 5.82 Å². The fraction of sp³-hybridized carbons (Fsp3) is 0.545. The number of halogens is 3. The molecule has 0 unspecified atom stereocenters. The summed E-state index contributed by atoms with van der Waals surface area (Å²) in [5, 5.41) is 0. The molecule has 1 saturated heterocycles. The molecule has 0 amide bonds. The lowest BCUT2D eigenvalue weighted by atomic mass is 9.99. The monoisotopic (exact) mass is 244 g/mol. The first-order valence-corrected chi connectivity index (χ1v) is 5.45. The van der Waals surface area contributed by atoms with Crippen LogP contribution in [0.1, 0.15) is 18.7 Å². The molecule has 1 aliphatic rings. The summed E-state index contributed by atoms with van der Waals surface area (Å²) in [6.07, 6.45) is -1.57. The second kappa shape index (κ2) is 4.50. The van der Waals surface area contributed by atoms with Crippen molar-refractivity contribution < 1.29 is 13.2 Å². The van der Waals surface area contributed by atoms with Crippen LogP contribution in [0.15, 0.2) is 12.3 Å². The molecule has 0 N–H and O–H groups in total. The van der Waals surface area contributed by atoms with Gasteiger partial charge >= 0.3 is 6.18 Å². The summed E-state index contributed by atoms with van der Waals surface area (Å²) in [6, 6.07) is 1.51. The Balaban J connectivity index is 2.16. The first-order valence-electron chi connectivity index (χ1n) is 5.45. The van der Waals surface area contributed by atoms with Crippen LogP contribution in [0.25, 0.3) is 0 Å². The molecule has 1 aliphatic heterocycles. The SMILES string of the molecule is [CH2]C1CCN(c2ccnc(C(F)(F)F)n2)CC1. The molecule has 6 heteroatoms. The molecule has 2 heterocycles. The van der Waals surface area contributed by atoms with Crippen molar-refractivity contribution in [1.82, 2.24) is 9.97 Å². The van der Waals surface area contributed by atoms with Crippen LogP contribution in [-0.4, -0.2) is 23.1 Å². The van der Waals surface area contributed by atoms with E-state index in [4.69, 9.17) is 0 Å². The van der Waals surface area contributed by atoms with Crippen molar-refractivity contribution in [2.45, 2.75) is 19.0 Å². The smallest absolute Gasteiger partial charge is 0.356 e. The topological polar surface area (TPSA) is 29.0 Å². The van der Waals surface area contributed by atoms with Crippen LogP contribution in [0.2, 0.25) is 0 Å². The van der Waals surface area contributed by atoms with Crippen LogP contribution < -0.4 is 4.90 Å². The maximum atomic E-state index is 12.4. The Labute approximate surface area is 97.7 Å². The zero-order chi connectivity index (χ0) is 12.5. The second-order valence-corrected chi connectivity index (χ2v) is 4.17. The average molecular weight is 244 g/mol. The minimum atomic E-state index is -4.49. The van der Waals surface area contributed by atoms with E-state index in [1.807, 2.05) is 4.90 Å². The van der Waals surface area contributed by atoms with Crippen molar-refractivity contribution in [2.75, 3.05) is 18.0 Å². The summed E-state index contributed by atoms with van der Waals surface area (Å²) in [5.74, 6) is -0.346. The fourth-order valence-electron chi connectivity index (χ4n) is 1.82. The van der Waals surface area contributed by atoms with Crippen LogP contribution in [0.4, 0.5) is 19.0 Å². The molecular formula is C11H13F3N3. The van der Waals surface area contributed by atoms with Gasteiger partial charge in [0.15, 0.2) is 0 Å². The first kappa shape index (κ1) is 12.1. The van der Waals surface area contributed by atoms with Gasteiger partial charge in [-0.2, -0.15) is 13.2 Å². The standard InChI is InChI=1S/C11H13F3N3/c1-8-3-6-17(7-4-8)9-2-5-15-10(16-9)11(12,13)14/h2,5,8H,1,3-4,6-7H2. The Morgan fingerprint density at radius 1 is 1.29 bits per heavy atom. The third-order valence-electron chi connectivity index (χ3n) is 2.83. The van der Waals surface area contributed by atoms with Crippen molar-refractivity contribution in [3.8, 4) is 0 Å². The van der Waals surface area contributed by atoms with E-state index in [9.17, 15) is 13.2 Å². The van der Waals surface area contributed by atoms with Gasteiger partial charge in [0.05, 0.1) is 0 Å². The van der Waals surface area contributed by atoms with Gasteiger partial charge in [-0.05, 0) is 24.8 Å². The number of anilines is 1. The number of nitrogens with zero attached hydrogens (tertiary/aromatic N) is 3. The minimum absolute atomic E-state index is 0.347. The molecular weight excluding hydrogens is 231 g/mol. The summed E-state index contributed by atoms with van der Waals surface area (Å²) in [5.41, 5.74) is 0. The second-order valence-electron chi connectivity index (χ2n) is 4.17. The average Bonchev–Trinajstić information content (AvgIpc) is 2.29. The van der Waals surface area contributed by atoms with E-state index in [0.717, 1.165) is 19.0 Å². The lowest BCUT2D eigenvalue weighted by Crippen LogP contribution is -2.34. The molecule has 17 heavy (non-hydrogen) atoms. The van der Waals surface area contributed by atoms with E-state index in [1.165, 1.54) is 6.07 Å². The number of alkyl halides is 3. The highest BCUT2D eigenvalue weighted by Crippen LogP contribution is 2.28. The summed E-state index contributed by atoms with van der Waals surface area (Å²) in [6.45, 7) is 5.34. The van der Waals surface area contributed by atoms with E-state index in [1.54, 1.807) is 0 Å². The van der Waals surface area contributed by atoms with Gasteiger partial charge < -0.3 is 4.90 Å². The number of hydrogen-bond donors (Lipinski definition) is 0. The van der Waals surface area contributed by atoms with Gasteiger partial charge in [-0.15, -0.1) is 0 Å². The van der Waals surface area contributed by atoms with E-state index in [-0.39, 0.29) is 0 Å². The van der Waals surface area contributed by atoms with E-state index in [0.29, 0.717) is 24.8 Å². The van der Waals surface area contributed by atoms with Gasteiger partial charge in [-0.3, -0.25) is 0 Å². The lowest BCUT2D eigenvalue weighted by molar-refractivity contribution is -0.144. The molecule has 0 spiro atoms. The number of piperidine rings is 1. The summed E-state index contributed by atoms with van der Waals surface area (Å²) >= 11 is 0. The molecule has 1 fully saturated rings. The largest absolute Gasteiger partial charge is 0.451 e. The van der Waals surface area contributed by atoms with E-state index >= 15 is 0 Å². The van der Waals surface area contributed by atoms with Crippen molar-refractivity contribution in [1.29, 1.82) is 0 Å². The maximum absolute atomic E-state index is 12.4. The Morgan fingerprint density at radius 3 is 2.53 bits per heavy atom. The number of rotatable bonds is 1. The van der Waals surface area contributed by atoms with Crippen molar-refractivity contribution in [2.24, 2.45) is 5.92 Å². The predicted molar refractivity (Wildman–Crippen MR) is 57.3 cm³/mol. The molecule has 0 bridgehead atoms. The minimum Gasteiger partial charge on any atom is -0.356 e. The molecule has 1 aromatic heterocycles. The molecule has 93 valence electrons. The number of hydrogen-bond acceptors (Lipinski definition) is 3. The highest BCUT2D eigenvalue weighted by Gasteiger charge is 2.35. The summed E-state index contributed by atoms with van der Waals surface area (Å²) < 4.78 is 37.3. The first-order chi connectivity index (χ1) is 7.97. The lowest BCUT2D eigenvalue weighted by Gasteiger charge is -2.31. The molecule has 1 aromatic rings. The van der Waals surface area contributed by atoms with Gasteiger partial charge in [0.25, 0.3) is 0 Å².